The number of amides is 1. The Balaban J connectivity index is 2.15. The first-order chi connectivity index (χ1) is 8.25. The Morgan fingerprint density at radius 2 is 2.24 bits per heavy atom. The number of nitrogens with zero attached hydrogens (tertiary/aromatic N) is 2. The van der Waals surface area contributed by atoms with E-state index in [-0.39, 0.29) is 12.5 Å². The highest BCUT2D eigenvalue weighted by atomic mass is 16.5. The number of fused-ring (bicyclic) bond motifs is 1. The minimum absolute atomic E-state index is 0.0159. The SMILES string of the molecule is Cn1cc(C2=NNC(=O)CO2)c2ccccc21. The molecule has 1 aliphatic rings. The third-order valence-corrected chi connectivity index (χ3v) is 2.75. The summed E-state index contributed by atoms with van der Waals surface area (Å²) in [6, 6.07) is 7.99. The first-order valence-corrected chi connectivity index (χ1v) is 5.29. The Kier molecular flexibility index (Phi) is 2.11. The molecule has 17 heavy (non-hydrogen) atoms. The zero-order valence-corrected chi connectivity index (χ0v) is 9.30. The summed E-state index contributed by atoms with van der Waals surface area (Å²) in [6.07, 6.45) is 1.95. The zero-order valence-electron chi connectivity index (χ0n) is 9.30. The van der Waals surface area contributed by atoms with E-state index in [9.17, 15) is 4.79 Å². The van der Waals surface area contributed by atoms with Crippen LogP contribution in [0.1, 0.15) is 5.56 Å². The number of hydrogen-bond donors (Lipinski definition) is 1. The van der Waals surface area contributed by atoms with Crippen molar-refractivity contribution in [2.24, 2.45) is 12.1 Å². The van der Waals surface area contributed by atoms with Gasteiger partial charge in [0, 0.05) is 24.1 Å². The van der Waals surface area contributed by atoms with Crippen molar-refractivity contribution in [1.82, 2.24) is 9.99 Å². The van der Waals surface area contributed by atoms with Crippen molar-refractivity contribution in [2.75, 3.05) is 6.61 Å². The smallest absolute Gasteiger partial charge is 0.278 e. The number of hydrazone groups is 1. The molecule has 0 bridgehead atoms. The highest BCUT2D eigenvalue weighted by molar-refractivity contribution is 6.08. The minimum Gasteiger partial charge on any atom is -0.466 e. The van der Waals surface area contributed by atoms with E-state index >= 15 is 0 Å². The Labute approximate surface area is 97.7 Å². The molecule has 3 rings (SSSR count). The van der Waals surface area contributed by atoms with Crippen LogP contribution < -0.4 is 5.43 Å². The number of aromatic nitrogens is 1. The second-order valence-corrected chi connectivity index (χ2v) is 3.91. The van der Waals surface area contributed by atoms with Gasteiger partial charge in [0.05, 0.1) is 5.56 Å². The molecule has 0 radical (unpaired) electrons. The van der Waals surface area contributed by atoms with Crippen molar-refractivity contribution in [2.45, 2.75) is 0 Å². The molecule has 5 nitrogen and oxygen atoms in total. The van der Waals surface area contributed by atoms with Gasteiger partial charge in [0.25, 0.3) is 5.91 Å². The van der Waals surface area contributed by atoms with Gasteiger partial charge in [-0.2, -0.15) is 0 Å². The van der Waals surface area contributed by atoms with E-state index in [1.165, 1.54) is 0 Å². The van der Waals surface area contributed by atoms with Gasteiger partial charge >= 0.3 is 0 Å². The molecule has 0 fully saturated rings. The van der Waals surface area contributed by atoms with Gasteiger partial charge in [-0.1, -0.05) is 18.2 Å². The van der Waals surface area contributed by atoms with Crippen LogP contribution in [0.4, 0.5) is 0 Å². The maximum atomic E-state index is 11.0. The Bertz CT molecular complexity index is 628. The molecular weight excluding hydrogens is 218 g/mol. The van der Waals surface area contributed by atoms with E-state index in [4.69, 9.17) is 4.74 Å². The van der Waals surface area contributed by atoms with Gasteiger partial charge in [0.15, 0.2) is 6.61 Å². The molecular formula is C12H11N3O2. The molecule has 0 aliphatic carbocycles. The monoisotopic (exact) mass is 229 g/mol. The normalized spacial score (nSPS) is 15.4. The number of carbonyl (C=O) groups is 1. The predicted octanol–water partition coefficient (Wildman–Crippen LogP) is 0.986. The second kappa shape index (κ2) is 3.62. The number of rotatable bonds is 1. The molecule has 5 heteroatoms. The lowest BCUT2D eigenvalue weighted by molar-refractivity contribution is -0.124. The molecule has 0 saturated carbocycles. The summed E-state index contributed by atoms with van der Waals surface area (Å²) >= 11 is 0. The summed E-state index contributed by atoms with van der Waals surface area (Å²) < 4.78 is 7.33. The molecule has 0 unspecified atom stereocenters. The molecule has 86 valence electrons. The second-order valence-electron chi connectivity index (χ2n) is 3.91. The average molecular weight is 229 g/mol. The van der Waals surface area contributed by atoms with Crippen LogP contribution >= 0.6 is 0 Å². The Hall–Kier alpha value is -2.30. The van der Waals surface area contributed by atoms with Gasteiger partial charge in [0.2, 0.25) is 5.90 Å². The van der Waals surface area contributed by atoms with Crippen LogP contribution in [0.2, 0.25) is 0 Å². The number of aryl methyl sites for hydroxylation is 1. The molecule has 0 saturated heterocycles. The first kappa shape index (κ1) is 9.89. The van der Waals surface area contributed by atoms with Crippen LogP contribution in [0.15, 0.2) is 35.6 Å². The van der Waals surface area contributed by atoms with Crippen molar-refractivity contribution < 1.29 is 9.53 Å². The predicted molar refractivity (Wildman–Crippen MR) is 63.6 cm³/mol. The maximum absolute atomic E-state index is 11.0. The van der Waals surface area contributed by atoms with Gasteiger partial charge in [-0.05, 0) is 6.07 Å². The fourth-order valence-electron chi connectivity index (χ4n) is 1.96. The summed E-state index contributed by atoms with van der Waals surface area (Å²) in [4.78, 5) is 11.0. The summed E-state index contributed by atoms with van der Waals surface area (Å²) in [5.74, 6) is 0.232. The fraction of sp³-hybridized carbons (Fsp3) is 0.167. The van der Waals surface area contributed by atoms with Crippen LogP contribution in [0.5, 0.6) is 0 Å². The quantitative estimate of drug-likeness (QED) is 0.792. The number of benzene rings is 1. The van der Waals surface area contributed by atoms with E-state index < -0.39 is 0 Å². The Morgan fingerprint density at radius 1 is 1.41 bits per heavy atom. The van der Waals surface area contributed by atoms with Crippen LogP contribution in [-0.2, 0) is 16.6 Å². The van der Waals surface area contributed by atoms with Crippen LogP contribution in [0.3, 0.4) is 0 Å². The summed E-state index contributed by atoms with van der Waals surface area (Å²) in [5.41, 5.74) is 4.41. The standard InChI is InChI=1S/C12H11N3O2/c1-15-6-9(8-4-2-3-5-10(8)15)12-14-13-11(16)7-17-12/h2-6H,7H2,1H3,(H,13,16). The van der Waals surface area contributed by atoms with Crippen molar-refractivity contribution in [1.29, 1.82) is 0 Å². The van der Waals surface area contributed by atoms with E-state index in [1.54, 1.807) is 0 Å². The van der Waals surface area contributed by atoms with Crippen molar-refractivity contribution in [3.8, 4) is 0 Å². The molecule has 1 aromatic carbocycles. The van der Waals surface area contributed by atoms with Crippen LogP contribution in [0.25, 0.3) is 10.9 Å². The van der Waals surface area contributed by atoms with E-state index in [0.717, 1.165) is 16.5 Å². The topological polar surface area (TPSA) is 55.6 Å². The number of nitrogens with one attached hydrogen (secondary N) is 1. The largest absolute Gasteiger partial charge is 0.466 e. The fourth-order valence-corrected chi connectivity index (χ4v) is 1.96. The molecule has 0 spiro atoms. The van der Waals surface area contributed by atoms with E-state index in [1.807, 2.05) is 42.1 Å². The van der Waals surface area contributed by atoms with Gasteiger partial charge in [-0.25, -0.2) is 5.43 Å². The number of para-hydroxylation sites is 1. The minimum atomic E-state index is -0.228. The molecule has 2 heterocycles. The lowest BCUT2D eigenvalue weighted by Crippen LogP contribution is -2.32. The van der Waals surface area contributed by atoms with Crippen molar-refractivity contribution in [3.05, 3.63) is 36.0 Å². The average Bonchev–Trinajstić information content (AvgIpc) is 2.69. The number of hydrogen-bond acceptors (Lipinski definition) is 3. The van der Waals surface area contributed by atoms with Gasteiger partial charge in [-0.15, -0.1) is 5.10 Å². The lowest BCUT2D eigenvalue weighted by atomic mass is 10.2. The molecule has 1 aliphatic heterocycles. The molecule has 1 aromatic heterocycles. The number of ether oxygens (including phenoxy) is 1. The first-order valence-electron chi connectivity index (χ1n) is 5.29. The van der Waals surface area contributed by atoms with E-state index in [2.05, 4.69) is 10.5 Å². The summed E-state index contributed by atoms with van der Waals surface area (Å²) in [7, 11) is 1.97. The van der Waals surface area contributed by atoms with Gasteiger partial charge in [0.1, 0.15) is 0 Å². The zero-order chi connectivity index (χ0) is 11.8. The van der Waals surface area contributed by atoms with Crippen molar-refractivity contribution in [3.63, 3.8) is 0 Å². The van der Waals surface area contributed by atoms with Crippen LogP contribution in [0, 0.1) is 0 Å². The van der Waals surface area contributed by atoms with Crippen LogP contribution in [-0.4, -0.2) is 23.0 Å². The number of carbonyl (C=O) groups excluding carboxylic acids is 1. The Morgan fingerprint density at radius 3 is 3.00 bits per heavy atom. The molecule has 0 atom stereocenters. The molecule has 2 aromatic rings. The summed E-state index contributed by atoms with van der Waals surface area (Å²) in [5, 5.41) is 4.99. The molecule has 1 amide bonds. The van der Waals surface area contributed by atoms with Gasteiger partial charge in [-0.3, -0.25) is 4.79 Å². The molecule has 1 N–H and O–H groups in total. The third kappa shape index (κ3) is 1.56. The summed E-state index contributed by atoms with van der Waals surface area (Å²) in [6.45, 7) is 0.0159. The van der Waals surface area contributed by atoms with Gasteiger partial charge < -0.3 is 9.30 Å². The van der Waals surface area contributed by atoms with E-state index in [0.29, 0.717) is 5.90 Å². The highest BCUT2D eigenvalue weighted by Crippen LogP contribution is 2.21. The third-order valence-electron chi connectivity index (χ3n) is 2.75. The van der Waals surface area contributed by atoms with Crippen molar-refractivity contribution >= 4 is 22.7 Å². The lowest BCUT2D eigenvalue weighted by Gasteiger charge is -2.12. The highest BCUT2D eigenvalue weighted by Gasteiger charge is 2.18. The maximum Gasteiger partial charge on any atom is 0.278 e.